The Balaban J connectivity index is 1.33. The van der Waals surface area contributed by atoms with E-state index in [1.54, 1.807) is 15.4 Å². The van der Waals surface area contributed by atoms with Crippen LogP contribution in [0.25, 0.3) is 16.7 Å². The van der Waals surface area contributed by atoms with Gasteiger partial charge in [-0.25, -0.2) is 9.67 Å². The number of nitrogens with zero attached hydrogens (tertiary/aromatic N) is 5. The summed E-state index contributed by atoms with van der Waals surface area (Å²) in [5.74, 6) is 0.719. The molecule has 1 atom stereocenters. The number of fused-ring (bicyclic) bond motifs is 3. The van der Waals surface area contributed by atoms with Crippen LogP contribution in [0.1, 0.15) is 24.4 Å². The minimum atomic E-state index is -0.207. The zero-order valence-corrected chi connectivity index (χ0v) is 18.2. The molecule has 0 N–H and O–H groups in total. The van der Waals surface area contributed by atoms with Gasteiger partial charge in [-0.1, -0.05) is 48.2 Å². The van der Waals surface area contributed by atoms with Crippen LogP contribution in [0.4, 0.5) is 5.69 Å². The first kappa shape index (κ1) is 19.3. The van der Waals surface area contributed by atoms with Crippen molar-refractivity contribution >= 4 is 34.4 Å². The number of aryl methyl sites for hydroxylation is 1. The smallest absolute Gasteiger partial charge is 0.265 e. The summed E-state index contributed by atoms with van der Waals surface area (Å²) in [5, 5.41) is 5.53. The van der Waals surface area contributed by atoms with Crippen molar-refractivity contribution in [2.75, 3.05) is 17.2 Å². The number of amides is 1. The molecular weight excluding hydrogens is 422 g/mol. The summed E-state index contributed by atoms with van der Waals surface area (Å²) >= 11 is 1.53. The van der Waals surface area contributed by atoms with Crippen molar-refractivity contribution < 1.29 is 4.79 Å². The van der Waals surface area contributed by atoms with Crippen LogP contribution in [0.15, 0.2) is 70.7 Å². The summed E-state index contributed by atoms with van der Waals surface area (Å²) in [7, 11) is 0. The Kier molecular flexibility index (Phi) is 4.61. The highest BCUT2D eigenvalue weighted by atomic mass is 32.2. The van der Waals surface area contributed by atoms with Crippen LogP contribution in [0, 0.1) is 0 Å². The van der Waals surface area contributed by atoms with Crippen LogP contribution in [-0.4, -0.2) is 37.5 Å². The van der Waals surface area contributed by atoms with E-state index in [0.29, 0.717) is 21.9 Å². The molecule has 32 heavy (non-hydrogen) atoms. The quantitative estimate of drug-likeness (QED) is 0.453. The van der Waals surface area contributed by atoms with E-state index in [0.717, 1.165) is 30.8 Å². The lowest BCUT2D eigenvalue weighted by molar-refractivity contribution is -0.119. The number of anilines is 1. The summed E-state index contributed by atoms with van der Waals surface area (Å²) in [6.07, 6.45) is 3.82. The predicted octanol–water partition coefficient (Wildman–Crippen LogP) is 3.60. The third kappa shape index (κ3) is 3.05. The van der Waals surface area contributed by atoms with Gasteiger partial charge in [-0.05, 0) is 36.6 Å². The molecule has 0 saturated heterocycles. The minimum Gasteiger partial charge on any atom is -0.312 e. The van der Waals surface area contributed by atoms with Gasteiger partial charge in [0, 0.05) is 24.4 Å². The van der Waals surface area contributed by atoms with Gasteiger partial charge in [-0.15, -0.1) is 0 Å². The molecule has 2 aliphatic rings. The van der Waals surface area contributed by atoms with Gasteiger partial charge in [-0.2, -0.15) is 5.10 Å². The van der Waals surface area contributed by atoms with Crippen LogP contribution in [0.5, 0.6) is 0 Å². The number of rotatable bonds is 3. The molecule has 2 aromatic carbocycles. The Bertz CT molecular complexity index is 1390. The van der Waals surface area contributed by atoms with E-state index in [1.807, 2.05) is 53.4 Å². The monoisotopic (exact) mass is 443 g/mol. The molecule has 8 heteroatoms. The van der Waals surface area contributed by atoms with Crippen LogP contribution in [0.2, 0.25) is 0 Å². The van der Waals surface area contributed by atoms with Gasteiger partial charge in [0.25, 0.3) is 5.56 Å². The van der Waals surface area contributed by atoms with E-state index in [1.165, 1.54) is 17.3 Å². The van der Waals surface area contributed by atoms with E-state index in [4.69, 9.17) is 4.98 Å². The van der Waals surface area contributed by atoms with Crippen molar-refractivity contribution in [2.24, 2.45) is 0 Å². The van der Waals surface area contributed by atoms with Crippen molar-refractivity contribution in [1.82, 2.24) is 19.3 Å². The van der Waals surface area contributed by atoms with Gasteiger partial charge in [-0.3, -0.25) is 14.2 Å². The van der Waals surface area contributed by atoms with Crippen molar-refractivity contribution in [3.05, 3.63) is 76.7 Å². The number of benzene rings is 2. The van der Waals surface area contributed by atoms with E-state index in [-0.39, 0.29) is 23.9 Å². The lowest BCUT2D eigenvalue weighted by Crippen LogP contribution is -2.37. The normalized spacial score (nSPS) is 17.4. The summed E-state index contributed by atoms with van der Waals surface area (Å²) in [6.45, 7) is 0.721. The number of carbonyl (C=O) groups excluding carboxylic acids is 1. The first-order valence-corrected chi connectivity index (χ1v) is 11.8. The van der Waals surface area contributed by atoms with Crippen molar-refractivity contribution in [3.8, 4) is 5.69 Å². The molecule has 1 amide bonds. The molecular formula is C24H21N5O2S. The molecule has 7 nitrogen and oxygen atoms in total. The highest BCUT2D eigenvalue weighted by Gasteiger charge is 2.32. The zero-order chi connectivity index (χ0) is 21.7. The summed E-state index contributed by atoms with van der Waals surface area (Å²) < 4.78 is 3.39. The van der Waals surface area contributed by atoms with Crippen molar-refractivity contribution in [3.63, 3.8) is 0 Å². The van der Waals surface area contributed by atoms with Gasteiger partial charge in [0.2, 0.25) is 5.91 Å². The average Bonchev–Trinajstić information content (AvgIpc) is 3.44. The molecule has 2 aliphatic heterocycles. The van der Waals surface area contributed by atoms with E-state index in [2.05, 4.69) is 11.2 Å². The maximum atomic E-state index is 13.4. The van der Waals surface area contributed by atoms with E-state index < -0.39 is 0 Å². The number of carbonyl (C=O) groups is 1. The molecule has 0 fully saturated rings. The van der Waals surface area contributed by atoms with Crippen LogP contribution in [-0.2, 0) is 11.2 Å². The molecule has 160 valence electrons. The van der Waals surface area contributed by atoms with Gasteiger partial charge in [0.05, 0.1) is 17.9 Å². The molecule has 1 unspecified atom stereocenters. The number of aromatic nitrogens is 4. The third-order valence-electron chi connectivity index (χ3n) is 6.19. The molecule has 0 spiro atoms. The lowest BCUT2D eigenvalue weighted by Gasteiger charge is -2.30. The second-order valence-corrected chi connectivity index (χ2v) is 9.13. The minimum absolute atomic E-state index is 0.0579. The van der Waals surface area contributed by atoms with Crippen LogP contribution in [0.3, 0.4) is 0 Å². The maximum absolute atomic E-state index is 13.4. The predicted molar refractivity (Wildman–Crippen MR) is 125 cm³/mol. The topological polar surface area (TPSA) is 73.0 Å². The number of hydrogen-bond donors (Lipinski definition) is 0. The number of para-hydroxylation sites is 2. The summed E-state index contributed by atoms with van der Waals surface area (Å²) in [6, 6.07) is 17.5. The highest BCUT2D eigenvalue weighted by molar-refractivity contribution is 7.99. The van der Waals surface area contributed by atoms with Crippen molar-refractivity contribution in [2.45, 2.75) is 30.5 Å². The molecule has 0 aliphatic carbocycles. The average molecular weight is 444 g/mol. The summed E-state index contributed by atoms with van der Waals surface area (Å²) in [5.41, 5.74) is 3.49. The second-order valence-electron chi connectivity index (χ2n) is 8.15. The Labute approximate surface area is 188 Å². The Morgan fingerprint density at radius 1 is 1.09 bits per heavy atom. The van der Waals surface area contributed by atoms with Gasteiger partial charge in [0.1, 0.15) is 5.39 Å². The standard InChI is InChI=1S/C24H21N5O2S/c30-21(27-12-6-8-16-7-4-5-11-20(16)27)13-18-15-32-24-26-22-19(23(31)28(18)24)14-25-29(22)17-9-2-1-3-10-17/h1-5,7,9-11,14,18H,6,8,12-13,15H2. The SMILES string of the molecule is O=C(CC1CSc2nc3c(cnn3-c3ccccc3)c(=O)n21)N1CCCc2ccccc21. The lowest BCUT2D eigenvalue weighted by atomic mass is 10.0. The molecule has 2 aromatic heterocycles. The molecule has 0 radical (unpaired) electrons. The Morgan fingerprint density at radius 3 is 2.78 bits per heavy atom. The van der Waals surface area contributed by atoms with Crippen LogP contribution >= 0.6 is 11.8 Å². The fourth-order valence-electron chi connectivity index (χ4n) is 4.64. The fraction of sp³-hybridized carbons (Fsp3) is 0.250. The van der Waals surface area contributed by atoms with Crippen LogP contribution < -0.4 is 10.5 Å². The first-order valence-electron chi connectivity index (χ1n) is 10.8. The van der Waals surface area contributed by atoms with Crippen molar-refractivity contribution in [1.29, 1.82) is 0 Å². The third-order valence-corrected chi connectivity index (χ3v) is 7.29. The molecule has 0 saturated carbocycles. The number of thioether (sulfide) groups is 1. The highest BCUT2D eigenvalue weighted by Crippen LogP contribution is 2.35. The molecule has 0 bridgehead atoms. The fourth-order valence-corrected chi connectivity index (χ4v) is 5.77. The largest absolute Gasteiger partial charge is 0.312 e. The van der Waals surface area contributed by atoms with E-state index in [9.17, 15) is 9.59 Å². The Hall–Kier alpha value is -3.39. The molecule has 4 heterocycles. The zero-order valence-electron chi connectivity index (χ0n) is 17.3. The second kappa shape index (κ2) is 7.63. The van der Waals surface area contributed by atoms with E-state index >= 15 is 0 Å². The maximum Gasteiger partial charge on any atom is 0.265 e. The van der Waals surface area contributed by atoms with Gasteiger partial charge < -0.3 is 4.90 Å². The first-order chi connectivity index (χ1) is 15.7. The summed E-state index contributed by atoms with van der Waals surface area (Å²) in [4.78, 5) is 33.3. The Morgan fingerprint density at radius 2 is 1.91 bits per heavy atom. The van der Waals surface area contributed by atoms with Gasteiger partial charge >= 0.3 is 0 Å². The van der Waals surface area contributed by atoms with Gasteiger partial charge in [0.15, 0.2) is 10.8 Å². The molecule has 6 rings (SSSR count). The number of hydrogen-bond acceptors (Lipinski definition) is 5. The molecule has 4 aromatic rings.